The molecular formula is C9H7Cl2N3O2S. The number of H-pyrrole nitrogens is 1. The standard InChI is InChI=1S/C9H7Cl2N3O2S/c10-8-2-1-6(3-9(8)11)14-17(15,16)7-4-12-13-5-7/h1-5,14H,(H,12,13). The zero-order chi connectivity index (χ0) is 12.5. The predicted molar refractivity (Wildman–Crippen MR) is 65.9 cm³/mol. The molecule has 0 unspecified atom stereocenters. The quantitative estimate of drug-likeness (QED) is 0.912. The third kappa shape index (κ3) is 2.71. The lowest BCUT2D eigenvalue weighted by Gasteiger charge is -2.06. The highest BCUT2D eigenvalue weighted by Crippen LogP contribution is 2.26. The van der Waals surface area contributed by atoms with Gasteiger partial charge >= 0.3 is 0 Å². The van der Waals surface area contributed by atoms with Crippen molar-refractivity contribution in [1.29, 1.82) is 0 Å². The normalized spacial score (nSPS) is 11.4. The highest BCUT2D eigenvalue weighted by Gasteiger charge is 2.15. The molecular weight excluding hydrogens is 285 g/mol. The number of aromatic amines is 1. The molecule has 1 heterocycles. The van der Waals surface area contributed by atoms with E-state index in [0.717, 1.165) is 0 Å². The molecule has 0 aliphatic carbocycles. The maximum atomic E-state index is 11.8. The summed E-state index contributed by atoms with van der Waals surface area (Å²) in [5.41, 5.74) is 0.334. The monoisotopic (exact) mass is 291 g/mol. The fraction of sp³-hybridized carbons (Fsp3) is 0. The molecule has 0 spiro atoms. The van der Waals surface area contributed by atoms with Crippen molar-refractivity contribution >= 4 is 38.9 Å². The van der Waals surface area contributed by atoms with Crippen molar-refractivity contribution in [2.24, 2.45) is 0 Å². The number of aromatic nitrogens is 2. The Balaban J connectivity index is 2.30. The van der Waals surface area contributed by atoms with Crippen molar-refractivity contribution in [3.63, 3.8) is 0 Å². The second kappa shape index (κ2) is 4.56. The largest absolute Gasteiger partial charge is 0.284 e. The SMILES string of the molecule is O=S(=O)(Nc1ccc(Cl)c(Cl)c1)c1cn[nH]c1. The summed E-state index contributed by atoms with van der Waals surface area (Å²) in [4.78, 5) is 0.0450. The summed E-state index contributed by atoms with van der Waals surface area (Å²) >= 11 is 11.5. The van der Waals surface area contributed by atoms with Gasteiger partial charge in [0.15, 0.2) is 0 Å². The van der Waals surface area contributed by atoms with Crippen LogP contribution in [-0.4, -0.2) is 18.6 Å². The van der Waals surface area contributed by atoms with Gasteiger partial charge in [0.05, 0.1) is 21.9 Å². The Morgan fingerprint density at radius 2 is 2.00 bits per heavy atom. The summed E-state index contributed by atoms with van der Waals surface area (Å²) in [5.74, 6) is 0. The molecule has 0 aliphatic heterocycles. The minimum absolute atomic E-state index is 0.0450. The minimum atomic E-state index is -3.65. The van der Waals surface area contributed by atoms with Gasteiger partial charge in [-0.25, -0.2) is 8.42 Å². The number of nitrogens with zero attached hydrogens (tertiary/aromatic N) is 1. The molecule has 1 aromatic heterocycles. The van der Waals surface area contributed by atoms with E-state index in [2.05, 4.69) is 14.9 Å². The Labute approximate surface area is 108 Å². The number of rotatable bonds is 3. The Bertz CT molecular complexity index is 626. The summed E-state index contributed by atoms with van der Waals surface area (Å²) in [6, 6.07) is 4.46. The fourth-order valence-corrected chi connectivity index (χ4v) is 2.41. The summed E-state index contributed by atoms with van der Waals surface area (Å²) in [6.45, 7) is 0. The lowest BCUT2D eigenvalue weighted by molar-refractivity contribution is 0.601. The number of anilines is 1. The summed E-state index contributed by atoms with van der Waals surface area (Å²) in [7, 11) is -3.65. The molecule has 8 heteroatoms. The molecule has 2 rings (SSSR count). The van der Waals surface area contributed by atoms with Crippen molar-refractivity contribution < 1.29 is 8.42 Å². The third-order valence-corrected chi connectivity index (χ3v) is 4.04. The van der Waals surface area contributed by atoms with E-state index < -0.39 is 10.0 Å². The van der Waals surface area contributed by atoms with E-state index in [1.165, 1.54) is 30.6 Å². The number of nitrogens with one attached hydrogen (secondary N) is 2. The van der Waals surface area contributed by atoms with Crippen LogP contribution in [0, 0.1) is 0 Å². The van der Waals surface area contributed by atoms with Crippen LogP contribution in [0.1, 0.15) is 0 Å². The molecule has 0 radical (unpaired) electrons. The van der Waals surface area contributed by atoms with Gasteiger partial charge in [0.2, 0.25) is 0 Å². The molecule has 17 heavy (non-hydrogen) atoms. The van der Waals surface area contributed by atoms with Gasteiger partial charge < -0.3 is 0 Å². The Kier molecular flexibility index (Phi) is 3.28. The van der Waals surface area contributed by atoms with Crippen LogP contribution in [0.25, 0.3) is 0 Å². The topological polar surface area (TPSA) is 74.8 Å². The fourth-order valence-electron chi connectivity index (χ4n) is 1.16. The average Bonchev–Trinajstić information content (AvgIpc) is 2.77. The number of hydrogen-bond donors (Lipinski definition) is 2. The van der Waals surface area contributed by atoms with E-state index in [1.807, 2.05) is 0 Å². The second-order valence-electron chi connectivity index (χ2n) is 3.17. The van der Waals surface area contributed by atoms with Crippen LogP contribution < -0.4 is 4.72 Å². The molecule has 5 nitrogen and oxygen atoms in total. The number of benzene rings is 1. The molecule has 0 amide bonds. The Morgan fingerprint density at radius 1 is 1.24 bits per heavy atom. The lowest BCUT2D eigenvalue weighted by Crippen LogP contribution is -2.12. The highest BCUT2D eigenvalue weighted by molar-refractivity contribution is 7.92. The first-order chi connectivity index (χ1) is 7.99. The molecule has 0 fully saturated rings. The van der Waals surface area contributed by atoms with Crippen LogP contribution in [0.2, 0.25) is 10.0 Å². The smallest absolute Gasteiger partial charge is 0.265 e. The van der Waals surface area contributed by atoms with Crippen LogP contribution >= 0.6 is 23.2 Å². The van der Waals surface area contributed by atoms with Gasteiger partial charge in [-0.05, 0) is 18.2 Å². The van der Waals surface area contributed by atoms with E-state index >= 15 is 0 Å². The zero-order valence-electron chi connectivity index (χ0n) is 8.31. The molecule has 0 bridgehead atoms. The first kappa shape index (κ1) is 12.2. The Hall–Kier alpha value is -1.24. The minimum Gasteiger partial charge on any atom is -0.284 e. The lowest BCUT2D eigenvalue weighted by atomic mass is 10.3. The third-order valence-electron chi connectivity index (χ3n) is 1.96. The van der Waals surface area contributed by atoms with E-state index in [0.29, 0.717) is 10.7 Å². The van der Waals surface area contributed by atoms with Crippen LogP contribution in [0.3, 0.4) is 0 Å². The molecule has 1 aromatic carbocycles. The van der Waals surface area contributed by atoms with E-state index in [4.69, 9.17) is 23.2 Å². The van der Waals surface area contributed by atoms with Crippen LogP contribution in [0.4, 0.5) is 5.69 Å². The molecule has 0 saturated heterocycles. The van der Waals surface area contributed by atoms with E-state index in [9.17, 15) is 8.42 Å². The van der Waals surface area contributed by atoms with E-state index in [-0.39, 0.29) is 9.92 Å². The highest BCUT2D eigenvalue weighted by atomic mass is 35.5. The van der Waals surface area contributed by atoms with Crippen molar-refractivity contribution in [3.05, 3.63) is 40.6 Å². The van der Waals surface area contributed by atoms with Crippen LogP contribution in [0.5, 0.6) is 0 Å². The number of hydrogen-bond acceptors (Lipinski definition) is 3. The molecule has 0 atom stereocenters. The van der Waals surface area contributed by atoms with Crippen molar-refractivity contribution in [2.45, 2.75) is 4.90 Å². The van der Waals surface area contributed by atoms with Gasteiger partial charge in [-0.15, -0.1) is 0 Å². The van der Waals surface area contributed by atoms with Gasteiger partial charge in [0.25, 0.3) is 10.0 Å². The maximum absolute atomic E-state index is 11.8. The second-order valence-corrected chi connectivity index (χ2v) is 5.67. The molecule has 0 saturated carbocycles. The van der Waals surface area contributed by atoms with Crippen LogP contribution in [-0.2, 0) is 10.0 Å². The van der Waals surface area contributed by atoms with Gasteiger partial charge in [-0.1, -0.05) is 23.2 Å². The van der Waals surface area contributed by atoms with Gasteiger partial charge in [0, 0.05) is 6.20 Å². The average molecular weight is 292 g/mol. The first-order valence-electron chi connectivity index (χ1n) is 4.46. The molecule has 2 aromatic rings. The van der Waals surface area contributed by atoms with Crippen molar-refractivity contribution in [2.75, 3.05) is 4.72 Å². The molecule has 2 N–H and O–H groups in total. The van der Waals surface area contributed by atoms with Gasteiger partial charge in [0.1, 0.15) is 4.90 Å². The van der Waals surface area contributed by atoms with Crippen LogP contribution in [0.15, 0.2) is 35.5 Å². The number of sulfonamides is 1. The molecule has 0 aliphatic rings. The van der Waals surface area contributed by atoms with Crippen molar-refractivity contribution in [3.8, 4) is 0 Å². The maximum Gasteiger partial charge on any atom is 0.265 e. The van der Waals surface area contributed by atoms with Gasteiger partial charge in [-0.2, -0.15) is 5.10 Å². The van der Waals surface area contributed by atoms with Gasteiger partial charge in [-0.3, -0.25) is 9.82 Å². The first-order valence-corrected chi connectivity index (χ1v) is 6.69. The van der Waals surface area contributed by atoms with E-state index in [1.54, 1.807) is 0 Å². The summed E-state index contributed by atoms with van der Waals surface area (Å²) < 4.78 is 26.0. The number of halogens is 2. The summed E-state index contributed by atoms with van der Waals surface area (Å²) in [6.07, 6.45) is 2.49. The summed E-state index contributed by atoms with van der Waals surface area (Å²) in [5, 5.41) is 6.63. The Morgan fingerprint density at radius 3 is 2.59 bits per heavy atom. The molecule has 90 valence electrons. The zero-order valence-corrected chi connectivity index (χ0v) is 10.6. The predicted octanol–water partition coefficient (Wildman–Crippen LogP) is 2.52. The van der Waals surface area contributed by atoms with Crippen molar-refractivity contribution in [1.82, 2.24) is 10.2 Å².